The van der Waals surface area contributed by atoms with Gasteiger partial charge in [-0.25, -0.2) is 4.79 Å². The van der Waals surface area contributed by atoms with Crippen LogP contribution in [0, 0.1) is 0 Å². The lowest BCUT2D eigenvalue weighted by Gasteiger charge is -2.22. The van der Waals surface area contributed by atoms with Gasteiger partial charge in [-0.05, 0) is 33.5 Å². The molecule has 0 spiro atoms. The molecule has 1 heterocycles. The van der Waals surface area contributed by atoms with E-state index in [4.69, 9.17) is 5.11 Å². The first kappa shape index (κ1) is 19.8. The first-order valence-corrected chi connectivity index (χ1v) is 9.61. The number of rotatable bonds is 7. The summed E-state index contributed by atoms with van der Waals surface area (Å²) in [6.45, 7) is 0.0414. The summed E-state index contributed by atoms with van der Waals surface area (Å²) >= 11 is 3.26. The van der Waals surface area contributed by atoms with Gasteiger partial charge in [0, 0.05) is 19.2 Å². The zero-order valence-corrected chi connectivity index (χ0v) is 16.6. The van der Waals surface area contributed by atoms with Crippen molar-refractivity contribution in [2.75, 3.05) is 0 Å². The lowest BCUT2D eigenvalue weighted by molar-refractivity contribution is -0.137. The molecule has 1 N–H and O–H groups in total. The predicted molar refractivity (Wildman–Crippen MR) is 110 cm³/mol. The van der Waals surface area contributed by atoms with E-state index in [-0.39, 0.29) is 23.9 Å². The average molecular weight is 443 g/mol. The van der Waals surface area contributed by atoms with E-state index < -0.39 is 23.3 Å². The minimum atomic E-state index is -0.963. The minimum absolute atomic E-state index is 0.0414. The number of carboxylic acids is 1. The molecule has 0 aliphatic rings. The van der Waals surface area contributed by atoms with Crippen LogP contribution in [0.1, 0.15) is 30.0 Å². The second-order valence-corrected chi connectivity index (χ2v) is 7.20. The average Bonchev–Trinajstić information content (AvgIpc) is 2.70. The molecule has 1 aromatic heterocycles. The van der Waals surface area contributed by atoms with Gasteiger partial charge in [0.05, 0.1) is 10.5 Å². The van der Waals surface area contributed by atoms with Gasteiger partial charge in [0.2, 0.25) is 0 Å². The maximum absolute atomic E-state index is 13.2. The number of halogens is 1. The Labute approximate surface area is 169 Å². The Bertz CT molecular complexity index is 1040. The van der Waals surface area contributed by atoms with Crippen molar-refractivity contribution in [1.82, 2.24) is 9.13 Å². The van der Waals surface area contributed by atoms with Crippen molar-refractivity contribution >= 4 is 21.9 Å². The second kappa shape index (κ2) is 8.84. The topological polar surface area (TPSA) is 81.3 Å². The summed E-state index contributed by atoms with van der Waals surface area (Å²) in [4.78, 5) is 36.4. The molecule has 2 aromatic carbocycles. The first-order valence-electron chi connectivity index (χ1n) is 8.82. The lowest BCUT2D eigenvalue weighted by Crippen LogP contribution is -2.41. The largest absolute Gasteiger partial charge is 0.481 e. The summed E-state index contributed by atoms with van der Waals surface area (Å²) in [5.41, 5.74) is 0.861. The number of aromatic nitrogens is 2. The van der Waals surface area contributed by atoms with Gasteiger partial charge in [0.25, 0.3) is 5.56 Å². The SMILES string of the molecule is O=C(O)CCCn1c(=O)c(Br)cn(C(c2ccccc2)c2ccccc2)c1=O. The number of benzene rings is 2. The Hall–Kier alpha value is -2.93. The van der Waals surface area contributed by atoms with Gasteiger partial charge in [-0.1, -0.05) is 60.7 Å². The molecule has 3 rings (SSSR count). The van der Waals surface area contributed by atoms with Crippen molar-refractivity contribution < 1.29 is 9.90 Å². The molecule has 0 aliphatic carbocycles. The third-order valence-corrected chi connectivity index (χ3v) is 4.98. The van der Waals surface area contributed by atoms with Crippen LogP contribution in [0.3, 0.4) is 0 Å². The summed E-state index contributed by atoms with van der Waals surface area (Å²) in [7, 11) is 0. The van der Waals surface area contributed by atoms with Gasteiger partial charge in [0.1, 0.15) is 0 Å². The minimum Gasteiger partial charge on any atom is -0.481 e. The predicted octanol–water partition coefficient (Wildman–Crippen LogP) is 3.28. The van der Waals surface area contributed by atoms with Crippen LogP contribution in [0.5, 0.6) is 0 Å². The van der Waals surface area contributed by atoms with E-state index in [1.165, 1.54) is 10.8 Å². The maximum atomic E-state index is 13.2. The number of hydrogen-bond donors (Lipinski definition) is 1. The number of carbonyl (C=O) groups is 1. The molecule has 0 unspecified atom stereocenters. The van der Waals surface area contributed by atoms with E-state index in [2.05, 4.69) is 15.9 Å². The molecule has 0 atom stereocenters. The Morgan fingerprint density at radius 3 is 2.00 bits per heavy atom. The molecule has 28 heavy (non-hydrogen) atoms. The Balaban J connectivity index is 2.15. The first-order chi connectivity index (χ1) is 13.5. The molecular formula is C21H19BrN2O4. The van der Waals surface area contributed by atoms with Crippen molar-refractivity contribution in [3.8, 4) is 0 Å². The van der Waals surface area contributed by atoms with Crippen LogP contribution in [-0.4, -0.2) is 20.2 Å². The van der Waals surface area contributed by atoms with Crippen LogP contribution in [-0.2, 0) is 11.3 Å². The molecule has 0 fully saturated rings. The zero-order valence-electron chi connectivity index (χ0n) is 15.0. The normalized spacial score (nSPS) is 10.9. The van der Waals surface area contributed by atoms with Gasteiger partial charge < -0.3 is 5.11 Å². The number of nitrogens with zero attached hydrogens (tertiary/aromatic N) is 2. The summed E-state index contributed by atoms with van der Waals surface area (Å²) < 4.78 is 2.85. The molecule has 0 amide bonds. The highest BCUT2D eigenvalue weighted by molar-refractivity contribution is 9.10. The van der Waals surface area contributed by atoms with Crippen LogP contribution in [0.4, 0.5) is 0 Å². The van der Waals surface area contributed by atoms with Crippen LogP contribution in [0.25, 0.3) is 0 Å². The van der Waals surface area contributed by atoms with Gasteiger partial charge >= 0.3 is 11.7 Å². The van der Waals surface area contributed by atoms with E-state index in [0.29, 0.717) is 0 Å². The van der Waals surface area contributed by atoms with Crippen LogP contribution < -0.4 is 11.2 Å². The van der Waals surface area contributed by atoms with Gasteiger partial charge in [-0.15, -0.1) is 0 Å². The molecule has 0 bridgehead atoms. The molecule has 0 radical (unpaired) electrons. The summed E-state index contributed by atoms with van der Waals surface area (Å²) in [6.07, 6.45) is 1.59. The van der Waals surface area contributed by atoms with Gasteiger partial charge in [-0.2, -0.15) is 0 Å². The molecule has 144 valence electrons. The molecule has 7 heteroatoms. The van der Waals surface area contributed by atoms with E-state index in [1.807, 2.05) is 60.7 Å². The quantitative estimate of drug-likeness (QED) is 0.608. The van der Waals surface area contributed by atoms with E-state index in [9.17, 15) is 14.4 Å². The summed E-state index contributed by atoms with van der Waals surface area (Å²) in [6, 6.07) is 18.7. The Morgan fingerprint density at radius 2 is 1.50 bits per heavy atom. The molecule has 0 aliphatic heterocycles. The van der Waals surface area contributed by atoms with E-state index in [1.54, 1.807) is 0 Å². The number of carboxylic acid groups (broad SMARTS) is 1. The molecule has 0 saturated carbocycles. The van der Waals surface area contributed by atoms with Gasteiger partial charge in [-0.3, -0.25) is 18.7 Å². The Morgan fingerprint density at radius 1 is 0.964 bits per heavy atom. The number of hydrogen-bond acceptors (Lipinski definition) is 3. The van der Waals surface area contributed by atoms with Gasteiger partial charge in [0.15, 0.2) is 0 Å². The van der Waals surface area contributed by atoms with Crippen molar-refractivity contribution in [3.63, 3.8) is 0 Å². The molecule has 0 saturated heterocycles. The van der Waals surface area contributed by atoms with Crippen molar-refractivity contribution in [1.29, 1.82) is 0 Å². The maximum Gasteiger partial charge on any atom is 0.331 e. The Kier molecular flexibility index (Phi) is 6.26. The molecule has 3 aromatic rings. The van der Waals surface area contributed by atoms with Crippen molar-refractivity contribution in [3.05, 3.63) is 103 Å². The molecule has 6 nitrogen and oxygen atoms in total. The fourth-order valence-corrected chi connectivity index (χ4v) is 3.58. The zero-order chi connectivity index (χ0) is 20.1. The fraction of sp³-hybridized carbons (Fsp3) is 0.190. The van der Waals surface area contributed by atoms with Crippen LogP contribution in [0.2, 0.25) is 0 Å². The van der Waals surface area contributed by atoms with Crippen molar-refractivity contribution in [2.24, 2.45) is 0 Å². The molecular weight excluding hydrogens is 424 g/mol. The smallest absolute Gasteiger partial charge is 0.331 e. The third kappa shape index (κ3) is 4.31. The highest BCUT2D eigenvalue weighted by Gasteiger charge is 2.20. The van der Waals surface area contributed by atoms with E-state index in [0.717, 1.165) is 15.7 Å². The monoisotopic (exact) mass is 442 g/mol. The van der Waals surface area contributed by atoms with Crippen molar-refractivity contribution in [2.45, 2.75) is 25.4 Å². The highest BCUT2D eigenvalue weighted by atomic mass is 79.9. The van der Waals surface area contributed by atoms with Crippen LogP contribution >= 0.6 is 15.9 Å². The summed E-state index contributed by atoms with van der Waals surface area (Å²) in [5, 5.41) is 8.84. The standard InChI is InChI=1S/C21H19BrN2O4/c22-17-14-24(21(28)23(20(17)27)13-7-12-18(25)26)19(15-8-3-1-4-9-15)16-10-5-2-6-11-16/h1-6,8-11,14,19H,7,12-13H2,(H,25,26). The van der Waals surface area contributed by atoms with E-state index >= 15 is 0 Å². The van der Waals surface area contributed by atoms with Crippen LogP contribution in [0.15, 0.2) is 80.9 Å². The second-order valence-electron chi connectivity index (χ2n) is 6.34. The highest BCUT2D eigenvalue weighted by Crippen LogP contribution is 2.25. The third-order valence-electron chi connectivity index (χ3n) is 4.43. The number of aliphatic carboxylic acids is 1. The lowest BCUT2D eigenvalue weighted by atomic mass is 9.98. The summed E-state index contributed by atoms with van der Waals surface area (Å²) in [5.74, 6) is -0.963. The fourth-order valence-electron chi connectivity index (χ4n) is 3.14.